The van der Waals surface area contributed by atoms with Crippen LogP contribution in [0.15, 0.2) is 83.8 Å². The van der Waals surface area contributed by atoms with Crippen LogP contribution in [0.4, 0.5) is 5.69 Å². The van der Waals surface area contributed by atoms with E-state index in [0.29, 0.717) is 5.69 Å². The number of thioether (sulfide) groups is 1. The molecule has 1 unspecified atom stereocenters. The van der Waals surface area contributed by atoms with Crippen molar-refractivity contribution in [1.29, 1.82) is 0 Å². The van der Waals surface area contributed by atoms with E-state index >= 15 is 0 Å². The molecule has 2 atom stereocenters. The van der Waals surface area contributed by atoms with Crippen LogP contribution in [0.25, 0.3) is 11.1 Å². The summed E-state index contributed by atoms with van der Waals surface area (Å²) in [6, 6.07) is 24.0. The maximum atomic E-state index is 13.3. The van der Waals surface area contributed by atoms with E-state index in [1.54, 1.807) is 6.92 Å². The van der Waals surface area contributed by atoms with Gasteiger partial charge in [-0.15, -0.1) is 11.8 Å². The van der Waals surface area contributed by atoms with Gasteiger partial charge in [0.15, 0.2) is 0 Å². The highest BCUT2D eigenvalue weighted by Crippen LogP contribution is 2.39. The zero-order chi connectivity index (χ0) is 23.4. The molecule has 0 bridgehead atoms. The first kappa shape index (κ1) is 22.6. The Morgan fingerprint density at radius 2 is 1.58 bits per heavy atom. The summed E-state index contributed by atoms with van der Waals surface area (Å²) in [5, 5.41) is 4.02. The van der Waals surface area contributed by atoms with Crippen molar-refractivity contribution in [2.45, 2.75) is 30.7 Å². The van der Waals surface area contributed by atoms with Gasteiger partial charge in [-0.3, -0.25) is 19.8 Å². The normalized spacial score (nSPS) is 15.6. The molecule has 0 saturated carbocycles. The van der Waals surface area contributed by atoms with Gasteiger partial charge >= 0.3 is 0 Å². The summed E-state index contributed by atoms with van der Waals surface area (Å²) >= 11 is 1.40. The van der Waals surface area contributed by atoms with Gasteiger partial charge in [-0.1, -0.05) is 60.7 Å². The largest absolute Gasteiger partial charge is 0.344 e. The van der Waals surface area contributed by atoms with Gasteiger partial charge in [0, 0.05) is 10.5 Å². The predicted octanol–water partition coefficient (Wildman–Crippen LogP) is 4.13. The van der Waals surface area contributed by atoms with Crippen LogP contribution in [0, 0.1) is 0 Å². The average molecular weight is 460 g/mol. The Kier molecular flexibility index (Phi) is 6.79. The maximum Gasteiger partial charge on any atom is 0.261 e. The van der Waals surface area contributed by atoms with Gasteiger partial charge in [0.1, 0.15) is 6.04 Å². The van der Waals surface area contributed by atoms with Crippen molar-refractivity contribution in [2.75, 3.05) is 10.8 Å². The monoisotopic (exact) mass is 459 g/mol. The van der Waals surface area contributed by atoms with Crippen molar-refractivity contribution >= 4 is 35.2 Å². The third-order valence-electron chi connectivity index (χ3n) is 5.56. The molecule has 0 aliphatic carbocycles. The first-order chi connectivity index (χ1) is 16.0. The molecule has 0 spiro atoms. The van der Waals surface area contributed by atoms with Crippen molar-refractivity contribution in [1.82, 2.24) is 10.7 Å². The van der Waals surface area contributed by atoms with Crippen LogP contribution >= 0.6 is 11.8 Å². The smallest absolute Gasteiger partial charge is 0.261 e. The van der Waals surface area contributed by atoms with Gasteiger partial charge in [-0.25, -0.2) is 5.01 Å². The first-order valence-electron chi connectivity index (χ1n) is 10.8. The lowest BCUT2D eigenvalue weighted by Crippen LogP contribution is -2.54. The second-order valence-electron chi connectivity index (χ2n) is 7.87. The number of hydrazine groups is 1. The second kappa shape index (κ2) is 9.92. The van der Waals surface area contributed by atoms with Crippen molar-refractivity contribution in [3.05, 3.63) is 84.4 Å². The molecule has 6 nitrogen and oxygen atoms in total. The highest BCUT2D eigenvalue weighted by Gasteiger charge is 2.33. The van der Waals surface area contributed by atoms with E-state index in [0.717, 1.165) is 21.6 Å². The summed E-state index contributed by atoms with van der Waals surface area (Å²) in [6.07, 6.45) is 0. The maximum absolute atomic E-state index is 13.3. The lowest BCUT2D eigenvalue weighted by atomic mass is 9.92. The summed E-state index contributed by atoms with van der Waals surface area (Å²) in [6.45, 7) is 3.44. The third kappa shape index (κ3) is 4.93. The number of carbonyl (C=O) groups is 3. The minimum Gasteiger partial charge on any atom is -0.344 e. The highest BCUT2D eigenvalue weighted by molar-refractivity contribution is 8.00. The van der Waals surface area contributed by atoms with Crippen LogP contribution in [-0.2, 0) is 14.4 Å². The minimum absolute atomic E-state index is 0.194. The Morgan fingerprint density at radius 3 is 2.33 bits per heavy atom. The van der Waals surface area contributed by atoms with E-state index in [9.17, 15) is 14.4 Å². The molecule has 3 aromatic rings. The zero-order valence-electron chi connectivity index (χ0n) is 18.4. The fourth-order valence-electron chi connectivity index (χ4n) is 3.80. The third-order valence-corrected chi connectivity index (χ3v) is 6.57. The number of nitrogens with zero attached hydrogens (tertiary/aromatic N) is 1. The van der Waals surface area contributed by atoms with Crippen LogP contribution in [-0.4, -0.2) is 29.5 Å². The second-order valence-corrected chi connectivity index (χ2v) is 8.92. The number of hydrogen-bond donors (Lipinski definition) is 2. The van der Waals surface area contributed by atoms with Crippen molar-refractivity contribution < 1.29 is 14.4 Å². The van der Waals surface area contributed by atoms with Crippen LogP contribution in [0.5, 0.6) is 0 Å². The van der Waals surface area contributed by atoms with Gasteiger partial charge in [0.05, 0.1) is 17.4 Å². The van der Waals surface area contributed by atoms with Crippen molar-refractivity contribution in [2.24, 2.45) is 0 Å². The van der Waals surface area contributed by atoms with Crippen LogP contribution in [0.2, 0.25) is 0 Å². The van der Waals surface area contributed by atoms with Crippen LogP contribution < -0.4 is 15.8 Å². The molecule has 4 rings (SSSR count). The van der Waals surface area contributed by atoms with Crippen LogP contribution in [0.3, 0.4) is 0 Å². The highest BCUT2D eigenvalue weighted by atomic mass is 32.2. The van der Waals surface area contributed by atoms with Crippen molar-refractivity contribution in [3.63, 3.8) is 0 Å². The topological polar surface area (TPSA) is 78.5 Å². The van der Waals surface area contributed by atoms with E-state index in [1.165, 1.54) is 16.8 Å². The molecule has 3 amide bonds. The summed E-state index contributed by atoms with van der Waals surface area (Å²) in [4.78, 5) is 39.6. The van der Waals surface area contributed by atoms with Gasteiger partial charge in [-0.2, -0.15) is 0 Å². The Hall–Kier alpha value is -3.58. The standard InChI is InChI=1S/C26H25N3O3S/c1-17-20-12-6-7-13-21(20)22-14-8-9-15-23(22)29(26(17)32)28-25(31)18(2)27-24(30)16-33-19-10-4-3-5-11-19/h3-15,17-18H,16H2,1-2H3,(H,27,30)(H,28,31)/t17?,18-/m0/s1. The molecule has 33 heavy (non-hydrogen) atoms. The zero-order valence-corrected chi connectivity index (χ0v) is 19.3. The molecule has 1 heterocycles. The number of para-hydroxylation sites is 1. The Balaban J connectivity index is 1.48. The molecule has 1 aliphatic rings. The van der Waals surface area contributed by atoms with Crippen LogP contribution in [0.1, 0.15) is 25.3 Å². The summed E-state index contributed by atoms with van der Waals surface area (Å²) in [5.74, 6) is -1.20. The molecular weight excluding hydrogens is 434 g/mol. The molecule has 1 aliphatic heterocycles. The fourth-order valence-corrected chi connectivity index (χ4v) is 4.53. The lowest BCUT2D eigenvalue weighted by Gasteiger charge is -2.27. The predicted molar refractivity (Wildman–Crippen MR) is 131 cm³/mol. The number of hydrogen-bond acceptors (Lipinski definition) is 4. The van der Waals surface area contributed by atoms with Gasteiger partial charge in [0.2, 0.25) is 5.91 Å². The van der Waals surface area contributed by atoms with Gasteiger partial charge in [0.25, 0.3) is 11.8 Å². The number of nitrogens with one attached hydrogen (secondary N) is 2. The number of carbonyl (C=O) groups excluding carboxylic acids is 3. The van der Waals surface area contributed by atoms with E-state index in [-0.39, 0.29) is 17.6 Å². The molecule has 168 valence electrons. The lowest BCUT2D eigenvalue weighted by molar-refractivity contribution is -0.129. The minimum atomic E-state index is -0.810. The summed E-state index contributed by atoms with van der Waals surface area (Å²) in [5.41, 5.74) is 6.07. The number of amides is 3. The first-order valence-corrected chi connectivity index (χ1v) is 11.7. The Morgan fingerprint density at radius 1 is 0.939 bits per heavy atom. The Labute approximate surface area is 197 Å². The van der Waals surface area contributed by atoms with E-state index in [2.05, 4.69) is 10.7 Å². The number of anilines is 1. The molecule has 3 aromatic carbocycles. The molecule has 0 saturated heterocycles. The molecule has 2 N–H and O–H groups in total. The SMILES string of the molecule is CC1C(=O)N(NC(=O)[C@H](C)NC(=O)CSc2ccccc2)c2ccccc2-c2ccccc21. The molecule has 0 fully saturated rings. The molecule has 0 radical (unpaired) electrons. The molecule has 7 heteroatoms. The van der Waals surface area contributed by atoms with E-state index in [1.807, 2.05) is 85.8 Å². The van der Waals surface area contributed by atoms with E-state index < -0.39 is 17.9 Å². The summed E-state index contributed by atoms with van der Waals surface area (Å²) < 4.78 is 0. The number of rotatable bonds is 6. The molecule has 0 aromatic heterocycles. The quantitative estimate of drug-likeness (QED) is 0.544. The number of fused-ring (bicyclic) bond motifs is 3. The van der Waals surface area contributed by atoms with Gasteiger partial charge < -0.3 is 5.32 Å². The summed E-state index contributed by atoms with van der Waals surface area (Å²) in [7, 11) is 0. The average Bonchev–Trinajstić information content (AvgIpc) is 2.93. The Bertz CT molecular complexity index is 1180. The van der Waals surface area contributed by atoms with Gasteiger partial charge in [-0.05, 0) is 43.2 Å². The molecular formula is C26H25N3O3S. The fraction of sp³-hybridized carbons (Fsp3) is 0.192. The van der Waals surface area contributed by atoms with Crippen molar-refractivity contribution in [3.8, 4) is 11.1 Å². The number of benzene rings is 3. The van der Waals surface area contributed by atoms with E-state index in [4.69, 9.17) is 0 Å².